The zero-order chi connectivity index (χ0) is 29.3. The molecule has 0 aromatic heterocycles. The Labute approximate surface area is 246 Å². The van der Waals surface area contributed by atoms with Crippen LogP contribution in [0.1, 0.15) is 25.3 Å². The van der Waals surface area contributed by atoms with Crippen molar-refractivity contribution in [3.05, 3.63) is 84.5 Å². The molecule has 3 amide bonds. The van der Waals surface area contributed by atoms with Crippen LogP contribution in [0.3, 0.4) is 0 Å². The lowest BCUT2D eigenvalue weighted by Crippen LogP contribution is -2.55. The predicted molar refractivity (Wildman–Crippen MR) is 157 cm³/mol. The van der Waals surface area contributed by atoms with Crippen molar-refractivity contribution in [3.63, 3.8) is 0 Å². The molecule has 2 saturated heterocycles. The quantitative estimate of drug-likeness (QED) is 0.367. The number of ether oxygens (including phenoxy) is 2. The fourth-order valence-electron chi connectivity index (χ4n) is 6.88. The molecule has 2 fully saturated rings. The predicted octanol–water partition coefficient (Wildman–Crippen LogP) is 2.94. The molecule has 0 bridgehead atoms. The summed E-state index contributed by atoms with van der Waals surface area (Å²) in [6, 6.07) is 16.2. The first kappa shape index (κ1) is 28.2. The van der Waals surface area contributed by atoms with E-state index < -0.39 is 29.6 Å². The zero-order valence-corrected chi connectivity index (χ0v) is 23.8. The van der Waals surface area contributed by atoms with Gasteiger partial charge in [0.1, 0.15) is 17.4 Å². The molecule has 0 radical (unpaired) electrons. The Kier molecular flexibility index (Phi) is 7.88. The van der Waals surface area contributed by atoms with Gasteiger partial charge in [-0.1, -0.05) is 54.6 Å². The van der Waals surface area contributed by atoms with Crippen molar-refractivity contribution in [1.82, 2.24) is 9.80 Å². The smallest absolute Gasteiger partial charge is 0.249 e. The second-order valence-corrected chi connectivity index (χ2v) is 11.2. The Balaban J connectivity index is 1.36. The number of carbonyl (C=O) groups excluding carboxylic acids is 3. The average molecular weight is 572 g/mol. The number of benzene rings is 2. The second kappa shape index (κ2) is 11.7. The molecule has 4 heterocycles. The summed E-state index contributed by atoms with van der Waals surface area (Å²) in [5.74, 6) is -1.56. The van der Waals surface area contributed by atoms with Gasteiger partial charge in [0.25, 0.3) is 0 Å². The summed E-state index contributed by atoms with van der Waals surface area (Å²) in [7, 11) is 0. The van der Waals surface area contributed by atoms with Crippen LogP contribution in [-0.2, 0) is 25.7 Å². The largest absolute Gasteiger partial charge is 0.494 e. The van der Waals surface area contributed by atoms with Crippen LogP contribution in [0.5, 0.6) is 5.75 Å². The molecule has 2 aromatic carbocycles. The zero-order valence-electron chi connectivity index (χ0n) is 23.8. The summed E-state index contributed by atoms with van der Waals surface area (Å²) < 4.78 is 12.3. The van der Waals surface area contributed by atoms with E-state index in [1.807, 2.05) is 85.8 Å². The standard InChI is InChI=1S/C33H37N3O6/c1-2-41-25-15-13-24(14-16-25)35-20-8-12-26-27(30(35)38)28-31(39)36(19-6-7-21-37)29-32(40)34(18-9-17-33(28,29)42-26)22-23-10-4-3-5-11-23/h3-5,8-17,26-29,37H,2,6-7,18-22H2,1H3/t26-,27+,28+,29?,33+/m1/s1. The first-order valence-corrected chi connectivity index (χ1v) is 14.8. The van der Waals surface area contributed by atoms with Gasteiger partial charge in [-0.3, -0.25) is 14.4 Å². The Bertz CT molecular complexity index is 1380. The number of hydrogen-bond donors (Lipinski definition) is 1. The highest BCUT2D eigenvalue weighted by molar-refractivity contribution is 6.03. The van der Waals surface area contributed by atoms with Gasteiger partial charge in [-0.25, -0.2) is 0 Å². The molecular weight excluding hydrogens is 534 g/mol. The number of anilines is 1. The fraction of sp³-hybridized carbons (Fsp3) is 0.424. The number of unbranched alkanes of at least 4 members (excludes halogenated alkanes) is 1. The number of hydrogen-bond acceptors (Lipinski definition) is 6. The summed E-state index contributed by atoms with van der Waals surface area (Å²) in [4.78, 5) is 48.0. The number of aliphatic hydroxyl groups is 1. The van der Waals surface area contributed by atoms with Gasteiger partial charge in [-0.2, -0.15) is 0 Å². The summed E-state index contributed by atoms with van der Waals surface area (Å²) in [6.07, 6.45) is 7.95. The van der Waals surface area contributed by atoms with Gasteiger partial charge >= 0.3 is 0 Å². The molecule has 0 saturated carbocycles. The molecule has 1 N–H and O–H groups in total. The van der Waals surface area contributed by atoms with E-state index in [9.17, 15) is 19.5 Å². The SMILES string of the molecule is CCOc1ccc(N2CC=C[C@H]3O[C@]45C=CCN(Cc6ccccc6)C(=O)C4N(CCCCO)C(=O)[C@@H]5[C@H]3C2=O)cc1. The van der Waals surface area contributed by atoms with E-state index >= 15 is 0 Å². The first-order chi connectivity index (χ1) is 20.5. The average Bonchev–Trinajstić information content (AvgIpc) is 3.31. The van der Waals surface area contributed by atoms with Crippen LogP contribution in [0, 0.1) is 11.8 Å². The fourth-order valence-corrected chi connectivity index (χ4v) is 6.88. The van der Waals surface area contributed by atoms with Crippen molar-refractivity contribution in [2.75, 3.05) is 37.7 Å². The van der Waals surface area contributed by atoms with Gasteiger partial charge in [0.05, 0.1) is 24.5 Å². The molecule has 4 aliphatic heterocycles. The van der Waals surface area contributed by atoms with Crippen LogP contribution < -0.4 is 9.64 Å². The molecule has 42 heavy (non-hydrogen) atoms. The molecule has 2 aromatic rings. The number of likely N-dealkylation sites (tertiary alicyclic amines) is 1. The van der Waals surface area contributed by atoms with Gasteiger partial charge < -0.3 is 29.3 Å². The monoisotopic (exact) mass is 571 g/mol. The number of fused-ring (bicyclic) bond motifs is 2. The Morgan fingerprint density at radius 1 is 0.952 bits per heavy atom. The summed E-state index contributed by atoms with van der Waals surface area (Å²) in [5, 5.41) is 9.43. The van der Waals surface area contributed by atoms with Crippen molar-refractivity contribution >= 4 is 23.4 Å². The number of rotatable bonds is 9. The normalized spacial score (nSPS) is 28.4. The summed E-state index contributed by atoms with van der Waals surface area (Å²) >= 11 is 0. The minimum atomic E-state index is -1.27. The van der Waals surface area contributed by atoms with E-state index in [0.717, 1.165) is 11.3 Å². The van der Waals surface area contributed by atoms with Gasteiger partial charge in [0.2, 0.25) is 17.7 Å². The number of carbonyl (C=O) groups is 3. The topological polar surface area (TPSA) is 99.6 Å². The molecule has 220 valence electrons. The van der Waals surface area contributed by atoms with Crippen LogP contribution >= 0.6 is 0 Å². The molecule has 1 unspecified atom stereocenters. The van der Waals surface area contributed by atoms with Gasteiger partial charge in [0, 0.05) is 38.5 Å². The molecule has 0 aliphatic carbocycles. The molecule has 5 atom stereocenters. The summed E-state index contributed by atoms with van der Waals surface area (Å²) in [5.41, 5.74) is 0.429. The van der Waals surface area contributed by atoms with E-state index in [-0.39, 0.29) is 24.3 Å². The molecule has 1 spiro atoms. The van der Waals surface area contributed by atoms with Crippen molar-refractivity contribution in [2.45, 2.75) is 44.1 Å². The van der Waals surface area contributed by atoms with E-state index in [0.29, 0.717) is 51.3 Å². The van der Waals surface area contributed by atoms with E-state index in [1.165, 1.54) is 0 Å². The highest BCUT2D eigenvalue weighted by atomic mass is 16.5. The van der Waals surface area contributed by atoms with Crippen LogP contribution in [0.4, 0.5) is 5.69 Å². The maximum Gasteiger partial charge on any atom is 0.249 e. The van der Waals surface area contributed by atoms with E-state index in [2.05, 4.69) is 0 Å². The van der Waals surface area contributed by atoms with Crippen molar-refractivity contribution in [2.24, 2.45) is 11.8 Å². The maximum absolute atomic E-state index is 14.3. The Morgan fingerprint density at radius 3 is 2.48 bits per heavy atom. The second-order valence-electron chi connectivity index (χ2n) is 11.2. The van der Waals surface area contributed by atoms with Crippen LogP contribution in [0.2, 0.25) is 0 Å². The minimum absolute atomic E-state index is 0.00320. The van der Waals surface area contributed by atoms with Gasteiger partial charge in [-0.15, -0.1) is 0 Å². The molecule has 6 rings (SSSR count). The molecular formula is C33H37N3O6. The Morgan fingerprint density at radius 2 is 1.74 bits per heavy atom. The highest BCUT2D eigenvalue weighted by Gasteiger charge is 2.71. The third-order valence-electron chi connectivity index (χ3n) is 8.72. The van der Waals surface area contributed by atoms with Crippen LogP contribution in [0.25, 0.3) is 0 Å². The van der Waals surface area contributed by atoms with Crippen molar-refractivity contribution in [1.29, 1.82) is 0 Å². The van der Waals surface area contributed by atoms with Crippen LogP contribution in [0.15, 0.2) is 78.9 Å². The lowest BCUT2D eigenvalue weighted by molar-refractivity contribution is -0.147. The number of aliphatic hydroxyl groups excluding tert-OH is 1. The number of amides is 3. The van der Waals surface area contributed by atoms with Gasteiger partial charge in [0.15, 0.2) is 0 Å². The molecule has 9 heteroatoms. The lowest BCUT2D eigenvalue weighted by atomic mass is 9.77. The van der Waals surface area contributed by atoms with E-state index in [4.69, 9.17) is 9.47 Å². The van der Waals surface area contributed by atoms with E-state index in [1.54, 1.807) is 14.7 Å². The summed E-state index contributed by atoms with van der Waals surface area (Å²) in [6.45, 7) is 3.88. The van der Waals surface area contributed by atoms with Gasteiger partial charge in [-0.05, 0) is 49.6 Å². The lowest BCUT2D eigenvalue weighted by Gasteiger charge is -2.35. The van der Waals surface area contributed by atoms with Crippen LogP contribution in [-0.4, -0.2) is 83.2 Å². The Hall–Kier alpha value is -3.95. The number of nitrogens with zero attached hydrogens (tertiary/aromatic N) is 3. The minimum Gasteiger partial charge on any atom is -0.494 e. The molecule has 9 nitrogen and oxygen atoms in total. The van der Waals surface area contributed by atoms with Crippen molar-refractivity contribution < 1.29 is 29.0 Å². The third-order valence-corrected chi connectivity index (χ3v) is 8.72. The van der Waals surface area contributed by atoms with Crippen molar-refractivity contribution in [3.8, 4) is 5.75 Å². The molecule has 4 aliphatic rings. The maximum atomic E-state index is 14.3. The third kappa shape index (κ3) is 4.80. The highest BCUT2D eigenvalue weighted by Crippen LogP contribution is 2.53. The first-order valence-electron chi connectivity index (χ1n) is 14.8.